The summed E-state index contributed by atoms with van der Waals surface area (Å²) < 4.78 is 26.9. The molecule has 1 aliphatic carbocycles. The average Bonchev–Trinajstić information content (AvgIpc) is 2.75. The maximum absolute atomic E-state index is 12.7. The van der Waals surface area contributed by atoms with E-state index >= 15 is 0 Å². The Hall–Kier alpha value is -1.93. The molecule has 0 bridgehead atoms. The molecule has 2 N–H and O–H groups in total. The first-order chi connectivity index (χ1) is 14.4. The molecule has 2 aliphatic rings. The van der Waals surface area contributed by atoms with Gasteiger partial charge in [0.15, 0.2) is 0 Å². The van der Waals surface area contributed by atoms with E-state index in [-0.39, 0.29) is 35.6 Å². The van der Waals surface area contributed by atoms with Gasteiger partial charge < -0.3 is 10.6 Å². The van der Waals surface area contributed by atoms with Crippen molar-refractivity contribution in [3.05, 3.63) is 29.8 Å². The van der Waals surface area contributed by atoms with E-state index in [1.54, 1.807) is 24.3 Å². The summed E-state index contributed by atoms with van der Waals surface area (Å²) in [4.78, 5) is 24.4. The van der Waals surface area contributed by atoms with Gasteiger partial charge in [0.2, 0.25) is 21.8 Å². The SMILES string of the molecule is O=C(Cc1ccc(S(=O)(=O)N2CCCCC2)cc1)NCCC(=O)NC1CCCCC1. The Kier molecular flexibility index (Phi) is 8.27. The van der Waals surface area contributed by atoms with Crippen molar-refractivity contribution in [3.63, 3.8) is 0 Å². The van der Waals surface area contributed by atoms with Crippen molar-refractivity contribution >= 4 is 21.8 Å². The molecular weight excluding hydrogens is 402 g/mol. The summed E-state index contributed by atoms with van der Waals surface area (Å²) in [5, 5.41) is 5.81. The minimum Gasteiger partial charge on any atom is -0.355 e. The van der Waals surface area contributed by atoms with E-state index in [9.17, 15) is 18.0 Å². The second-order valence-corrected chi connectivity index (χ2v) is 10.2. The van der Waals surface area contributed by atoms with Gasteiger partial charge in [-0.1, -0.05) is 37.8 Å². The molecule has 7 nitrogen and oxygen atoms in total. The molecule has 1 saturated heterocycles. The number of benzene rings is 1. The molecule has 30 heavy (non-hydrogen) atoms. The van der Waals surface area contributed by atoms with Crippen LogP contribution in [0.4, 0.5) is 0 Å². The fourth-order valence-corrected chi connectivity index (χ4v) is 5.66. The summed E-state index contributed by atoms with van der Waals surface area (Å²) >= 11 is 0. The second-order valence-electron chi connectivity index (χ2n) is 8.29. The number of nitrogens with zero attached hydrogens (tertiary/aromatic N) is 1. The summed E-state index contributed by atoms with van der Waals surface area (Å²) in [6.45, 7) is 1.44. The second kappa shape index (κ2) is 10.9. The Morgan fingerprint density at radius 2 is 1.53 bits per heavy atom. The zero-order chi connectivity index (χ0) is 21.4. The Morgan fingerprint density at radius 3 is 2.20 bits per heavy atom. The van der Waals surface area contributed by atoms with Gasteiger partial charge in [0, 0.05) is 32.1 Å². The van der Waals surface area contributed by atoms with Gasteiger partial charge in [-0.3, -0.25) is 9.59 Å². The van der Waals surface area contributed by atoms with Crippen LogP contribution in [0.25, 0.3) is 0 Å². The van der Waals surface area contributed by atoms with Gasteiger partial charge in [0.1, 0.15) is 0 Å². The van der Waals surface area contributed by atoms with Crippen molar-refractivity contribution in [1.82, 2.24) is 14.9 Å². The molecule has 8 heteroatoms. The minimum absolute atomic E-state index is 0.0190. The van der Waals surface area contributed by atoms with Crippen LogP contribution in [0.15, 0.2) is 29.2 Å². The standard InChI is InChI=1S/C22H33N3O4S/c26-21(24-19-7-3-1-4-8-19)13-14-23-22(27)17-18-9-11-20(12-10-18)30(28,29)25-15-5-2-6-16-25/h9-12,19H,1-8,13-17H2,(H,23,27)(H,24,26). The van der Waals surface area contributed by atoms with Crippen molar-refractivity contribution in [2.24, 2.45) is 0 Å². The molecule has 166 valence electrons. The molecule has 0 radical (unpaired) electrons. The Bertz CT molecular complexity index is 811. The van der Waals surface area contributed by atoms with Gasteiger partial charge in [-0.2, -0.15) is 4.31 Å². The molecular formula is C22H33N3O4S. The quantitative estimate of drug-likeness (QED) is 0.655. The molecule has 1 aliphatic heterocycles. The first-order valence-corrected chi connectivity index (χ1v) is 12.5. The molecule has 1 heterocycles. The first-order valence-electron chi connectivity index (χ1n) is 11.1. The van der Waals surface area contributed by atoms with Crippen molar-refractivity contribution in [2.45, 2.75) is 75.1 Å². The number of carbonyl (C=O) groups excluding carboxylic acids is 2. The van der Waals surface area contributed by atoms with E-state index in [1.165, 1.54) is 23.6 Å². The monoisotopic (exact) mass is 435 g/mol. The van der Waals surface area contributed by atoms with Crippen LogP contribution in [0, 0.1) is 0 Å². The molecule has 0 atom stereocenters. The number of amides is 2. The third-order valence-corrected chi connectivity index (χ3v) is 7.80. The number of nitrogens with one attached hydrogen (secondary N) is 2. The van der Waals surface area contributed by atoms with E-state index in [2.05, 4.69) is 10.6 Å². The molecule has 1 aromatic rings. The van der Waals surface area contributed by atoms with Crippen molar-refractivity contribution in [2.75, 3.05) is 19.6 Å². The molecule has 3 rings (SSSR count). The largest absolute Gasteiger partial charge is 0.355 e. The minimum atomic E-state index is -3.46. The fraction of sp³-hybridized carbons (Fsp3) is 0.636. The highest BCUT2D eigenvalue weighted by molar-refractivity contribution is 7.89. The molecule has 1 saturated carbocycles. The number of piperidine rings is 1. The number of hydrogen-bond donors (Lipinski definition) is 2. The van der Waals surface area contributed by atoms with E-state index in [0.717, 1.165) is 37.7 Å². The predicted molar refractivity (Wildman–Crippen MR) is 115 cm³/mol. The molecule has 2 fully saturated rings. The van der Waals surface area contributed by atoms with E-state index in [1.807, 2.05) is 0 Å². The van der Waals surface area contributed by atoms with Crippen LogP contribution in [0.1, 0.15) is 63.4 Å². The Labute approximate surface area is 179 Å². The average molecular weight is 436 g/mol. The lowest BCUT2D eigenvalue weighted by atomic mass is 9.95. The third kappa shape index (κ3) is 6.54. The molecule has 1 aromatic carbocycles. The molecule has 0 aromatic heterocycles. The number of rotatable bonds is 8. The normalized spacial score (nSPS) is 18.7. The molecule has 0 spiro atoms. The summed E-state index contributed by atoms with van der Waals surface area (Å²) in [7, 11) is -3.46. The van der Waals surface area contributed by atoms with Crippen LogP contribution in [0.5, 0.6) is 0 Å². The van der Waals surface area contributed by atoms with E-state index < -0.39 is 10.0 Å². The van der Waals surface area contributed by atoms with Crippen molar-refractivity contribution in [3.8, 4) is 0 Å². The van der Waals surface area contributed by atoms with Crippen LogP contribution in [-0.2, 0) is 26.0 Å². The smallest absolute Gasteiger partial charge is 0.243 e. The summed E-state index contributed by atoms with van der Waals surface area (Å²) in [5.74, 6) is -0.193. The maximum Gasteiger partial charge on any atom is 0.243 e. The highest BCUT2D eigenvalue weighted by Gasteiger charge is 2.25. The van der Waals surface area contributed by atoms with E-state index in [0.29, 0.717) is 19.6 Å². The zero-order valence-electron chi connectivity index (χ0n) is 17.6. The predicted octanol–water partition coefficient (Wildman–Crippen LogP) is 2.36. The third-order valence-electron chi connectivity index (χ3n) is 5.89. The fourth-order valence-electron chi connectivity index (χ4n) is 4.14. The first kappa shape index (κ1) is 22.7. The highest BCUT2D eigenvalue weighted by Crippen LogP contribution is 2.21. The lowest BCUT2D eigenvalue weighted by molar-refractivity contribution is -0.122. The van der Waals surface area contributed by atoms with Crippen LogP contribution in [0.2, 0.25) is 0 Å². The van der Waals surface area contributed by atoms with Crippen LogP contribution in [0.3, 0.4) is 0 Å². The molecule has 0 unspecified atom stereocenters. The van der Waals surface area contributed by atoms with E-state index in [4.69, 9.17) is 0 Å². The van der Waals surface area contributed by atoms with Crippen molar-refractivity contribution in [1.29, 1.82) is 0 Å². The lowest BCUT2D eigenvalue weighted by Gasteiger charge is -2.25. The van der Waals surface area contributed by atoms with Gasteiger partial charge in [-0.15, -0.1) is 0 Å². The van der Waals surface area contributed by atoms with Gasteiger partial charge in [-0.05, 0) is 43.4 Å². The Morgan fingerprint density at radius 1 is 0.900 bits per heavy atom. The van der Waals surface area contributed by atoms with Gasteiger partial charge in [0.25, 0.3) is 0 Å². The maximum atomic E-state index is 12.7. The van der Waals surface area contributed by atoms with Crippen LogP contribution >= 0.6 is 0 Å². The zero-order valence-corrected chi connectivity index (χ0v) is 18.4. The van der Waals surface area contributed by atoms with Gasteiger partial charge in [0.05, 0.1) is 11.3 Å². The number of hydrogen-bond acceptors (Lipinski definition) is 4. The Balaban J connectivity index is 1.41. The topological polar surface area (TPSA) is 95.6 Å². The van der Waals surface area contributed by atoms with Crippen LogP contribution in [-0.4, -0.2) is 50.2 Å². The van der Waals surface area contributed by atoms with Gasteiger partial charge >= 0.3 is 0 Å². The molecule has 2 amide bonds. The summed E-state index contributed by atoms with van der Waals surface area (Å²) in [5.41, 5.74) is 0.747. The number of sulfonamides is 1. The lowest BCUT2D eigenvalue weighted by Crippen LogP contribution is -2.38. The number of carbonyl (C=O) groups is 2. The highest BCUT2D eigenvalue weighted by atomic mass is 32.2. The summed E-state index contributed by atoms with van der Waals surface area (Å²) in [6, 6.07) is 6.80. The summed E-state index contributed by atoms with van der Waals surface area (Å²) in [6.07, 6.45) is 8.97. The van der Waals surface area contributed by atoms with Crippen molar-refractivity contribution < 1.29 is 18.0 Å². The van der Waals surface area contributed by atoms with Gasteiger partial charge in [-0.25, -0.2) is 8.42 Å². The van der Waals surface area contributed by atoms with Crippen LogP contribution < -0.4 is 10.6 Å².